The van der Waals surface area contributed by atoms with Gasteiger partial charge in [0, 0.05) is 11.1 Å². The number of carbonyl (C=O) groups excluding carboxylic acids is 3. The third-order valence-electron chi connectivity index (χ3n) is 6.86. The van der Waals surface area contributed by atoms with Crippen molar-refractivity contribution < 1.29 is 33.3 Å². The van der Waals surface area contributed by atoms with Crippen LogP contribution < -0.4 is 19.5 Å². The molecule has 5 rings (SSSR count). The van der Waals surface area contributed by atoms with E-state index in [-0.39, 0.29) is 37.4 Å². The zero-order valence-corrected chi connectivity index (χ0v) is 23.6. The van der Waals surface area contributed by atoms with Gasteiger partial charge in [-0.25, -0.2) is 4.79 Å². The van der Waals surface area contributed by atoms with Gasteiger partial charge >= 0.3 is 6.09 Å². The number of methoxy groups -OCH3 is 2. The third kappa shape index (κ3) is 6.65. The van der Waals surface area contributed by atoms with Gasteiger partial charge < -0.3 is 18.9 Å². The molecule has 0 spiro atoms. The fraction of sp³-hybridized carbons (Fsp3) is 0.152. The van der Waals surface area contributed by atoms with E-state index in [4.69, 9.17) is 24.4 Å². The predicted octanol–water partition coefficient (Wildman–Crippen LogP) is 5.33. The first-order valence-electron chi connectivity index (χ1n) is 13.4. The highest BCUT2D eigenvalue weighted by molar-refractivity contribution is 6.21. The molecule has 218 valence electrons. The second kappa shape index (κ2) is 12.9. The van der Waals surface area contributed by atoms with Crippen LogP contribution in [0.15, 0.2) is 91.0 Å². The molecule has 1 aliphatic heterocycles. The van der Waals surface area contributed by atoms with Gasteiger partial charge in [0.15, 0.2) is 0 Å². The molecule has 3 amide bonds. The summed E-state index contributed by atoms with van der Waals surface area (Å²) >= 11 is 0. The Morgan fingerprint density at radius 1 is 0.767 bits per heavy atom. The van der Waals surface area contributed by atoms with Gasteiger partial charge in [-0.15, -0.1) is 0 Å². The fourth-order valence-electron chi connectivity index (χ4n) is 4.53. The third-order valence-corrected chi connectivity index (χ3v) is 6.86. The van der Waals surface area contributed by atoms with Crippen molar-refractivity contribution in [3.8, 4) is 17.2 Å². The lowest BCUT2D eigenvalue weighted by atomic mass is 10.1. The van der Waals surface area contributed by atoms with Crippen LogP contribution in [0.3, 0.4) is 0 Å². The van der Waals surface area contributed by atoms with Gasteiger partial charge in [0.05, 0.1) is 31.9 Å². The molecule has 4 aromatic rings. The average molecular weight is 580 g/mol. The summed E-state index contributed by atoms with van der Waals surface area (Å²) in [4.78, 5) is 38.8. The molecule has 0 saturated carbocycles. The second-order valence-electron chi connectivity index (χ2n) is 9.63. The van der Waals surface area contributed by atoms with Crippen LogP contribution in [-0.2, 0) is 24.5 Å². The van der Waals surface area contributed by atoms with E-state index in [1.165, 1.54) is 4.90 Å². The summed E-state index contributed by atoms with van der Waals surface area (Å²) in [6, 6.07) is 26.1. The van der Waals surface area contributed by atoms with E-state index in [0.29, 0.717) is 33.9 Å². The number of carbonyl (C=O) groups is 3. The van der Waals surface area contributed by atoms with Crippen molar-refractivity contribution in [3.63, 3.8) is 0 Å². The molecule has 0 unspecified atom stereocenters. The molecule has 0 bridgehead atoms. The molecule has 0 atom stereocenters. The lowest BCUT2D eigenvalue weighted by molar-refractivity contribution is 0.0642. The quantitative estimate of drug-likeness (QED) is 0.148. The van der Waals surface area contributed by atoms with Crippen molar-refractivity contribution >= 4 is 23.7 Å². The van der Waals surface area contributed by atoms with Crippen molar-refractivity contribution in [2.75, 3.05) is 14.2 Å². The summed E-state index contributed by atoms with van der Waals surface area (Å²) in [7, 11) is 3.12. The number of imide groups is 1. The van der Waals surface area contributed by atoms with Crippen LogP contribution in [0.25, 0.3) is 0 Å². The first-order chi connectivity index (χ1) is 20.9. The Hall–Kier alpha value is -5.64. The Labute approximate surface area is 248 Å². The topological polar surface area (TPSA) is 127 Å². The fourth-order valence-corrected chi connectivity index (χ4v) is 4.53. The van der Waals surface area contributed by atoms with Crippen LogP contribution in [0.1, 0.15) is 43.0 Å². The van der Waals surface area contributed by atoms with Crippen LogP contribution in [0.2, 0.25) is 0 Å². The summed E-state index contributed by atoms with van der Waals surface area (Å²) in [6.07, 6.45) is -0.736. The first-order valence-corrected chi connectivity index (χ1v) is 13.4. The molecular weight excluding hydrogens is 550 g/mol. The largest absolute Gasteiger partial charge is 0.497 e. The van der Waals surface area contributed by atoms with E-state index >= 15 is 0 Å². The zero-order valence-electron chi connectivity index (χ0n) is 23.6. The minimum Gasteiger partial charge on any atom is -0.497 e. The number of fused-ring (bicyclic) bond motifs is 1. The number of hydrogen-bond donors (Lipinski definition) is 2. The van der Waals surface area contributed by atoms with E-state index in [9.17, 15) is 14.4 Å². The number of alkyl carbamates (subject to hydrolysis) is 1. The first kappa shape index (κ1) is 28.9. The maximum absolute atomic E-state index is 12.7. The molecule has 2 N–H and O–H groups in total. The molecule has 4 aromatic carbocycles. The summed E-state index contributed by atoms with van der Waals surface area (Å²) in [5.74, 6) is 1.08. The van der Waals surface area contributed by atoms with Gasteiger partial charge in [-0.2, -0.15) is 0 Å². The van der Waals surface area contributed by atoms with Gasteiger partial charge in [-0.1, -0.05) is 36.4 Å². The Balaban J connectivity index is 1.13. The molecule has 10 heteroatoms. The number of nitrogens with zero attached hydrogens (tertiary/aromatic N) is 1. The highest BCUT2D eigenvalue weighted by Gasteiger charge is 2.35. The number of rotatable bonds is 10. The Morgan fingerprint density at radius 2 is 1.40 bits per heavy atom. The van der Waals surface area contributed by atoms with E-state index in [1.807, 2.05) is 12.1 Å². The van der Waals surface area contributed by atoms with Gasteiger partial charge in [-0.3, -0.25) is 25.2 Å². The van der Waals surface area contributed by atoms with E-state index < -0.39 is 6.09 Å². The maximum Gasteiger partial charge on any atom is 0.413 e. The van der Waals surface area contributed by atoms with Crippen molar-refractivity contribution in [1.82, 2.24) is 10.2 Å². The van der Waals surface area contributed by atoms with Crippen LogP contribution in [0.5, 0.6) is 17.2 Å². The minimum atomic E-state index is -0.736. The normalized spacial score (nSPS) is 12.0. The molecular formula is C33H29N3O7. The number of amides is 3. The number of ether oxygens (including phenoxy) is 4. The number of hydrogen-bond acceptors (Lipinski definition) is 8. The standard InChI is InChI=1S/C33H29N3O7/c1-40-25-13-8-21(9-14-25)19-43-33(39)35-30(34)23-11-15-26(16-12-23)42-20-24-10-7-22(17-29(24)41-2)18-36-31(37)27-5-3-4-6-28(27)32(36)38/h3-17H,18-20H2,1-2H3,(H2,34,35,39). The number of nitrogens with one attached hydrogen (secondary N) is 2. The monoisotopic (exact) mass is 579 g/mol. The molecule has 43 heavy (non-hydrogen) atoms. The van der Waals surface area contributed by atoms with E-state index in [0.717, 1.165) is 16.7 Å². The van der Waals surface area contributed by atoms with Crippen molar-refractivity contribution in [2.45, 2.75) is 19.8 Å². The molecule has 1 aliphatic rings. The molecule has 0 aromatic heterocycles. The predicted molar refractivity (Wildman–Crippen MR) is 158 cm³/mol. The Morgan fingerprint density at radius 3 is 2.02 bits per heavy atom. The Kier molecular flexibility index (Phi) is 8.66. The second-order valence-corrected chi connectivity index (χ2v) is 9.63. The summed E-state index contributed by atoms with van der Waals surface area (Å²) < 4.78 is 21.8. The van der Waals surface area contributed by atoms with Crippen LogP contribution in [0.4, 0.5) is 4.79 Å². The van der Waals surface area contributed by atoms with Gasteiger partial charge in [0.1, 0.15) is 36.3 Å². The number of benzene rings is 4. The van der Waals surface area contributed by atoms with Gasteiger partial charge in [0.25, 0.3) is 11.8 Å². The van der Waals surface area contributed by atoms with Crippen molar-refractivity contribution in [3.05, 3.63) is 124 Å². The van der Waals surface area contributed by atoms with Gasteiger partial charge in [0.2, 0.25) is 0 Å². The van der Waals surface area contributed by atoms with Gasteiger partial charge in [-0.05, 0) is 65.7 Å². The molecule has 1 heterocycles. The SMILES string of the molecule is COc1ccc(COC(=O)NC(=N)c2ccc(OCc3ccc(CN4C(=O)c5ccccc5C4=O)cc3OC)cc2)cc1. The van der Waals surface area contributed by atoms with Crippen molar-refractivity contribution in [1.29, 1.82) is 5.41 Å². The lowest BCUT2D eigenvalue weighted by Crippen LogP contribution is -2.30. The zero-order chi connectivity index (χ0) is 30.3. The van der Waals surface area contributed by atoms with E-state index in [2.05, 4.69) is 5.32 Å². The molecule has 0 aliphatic carbocycles. The summed E-state index contributed by atoms with van der Waals surface area (Å²) in [5.41, 5.74) is 3.60. The molecule has 10 nitrogen and oxygen atoms in total. The van der Waals surface area contributed by atoms with Crippen LogP contribution in [-0.4, -0.2) is 42.9 Å². The highest BCUT2D eigenvalue weighted by atomic mass is 16.5. The molecule has 0 fully saturated rings. The average Bonchev–Trinajstić information content (AvgIpc) is 3.28. The molecule has 0 radical (unpaired) electrons. The maximum atomic E-state index is 12.7. The molecule has 0 saturated heterocycles. The Bertz CT molecular complexity index is 1630. The lowest BCUT2D eigenvalue weighted by Gasteiger charge is -2.16. The van der Waals surface area contributed by atoms with E-state index in [1.54, 1.807) is 93.1 Å². The highest BCUT2D eigenvalue weighted by Crippen LogP contribution is 2.27. The minimum absolute atomic E-state index is 0.0586. The van der Waals surface area contributed by atoms with Crippen molar-refractivity contribution in [2.24, 2.45) is 0 Å². The number of amidine groups is 1. The summed E-state index contributed by atoms with van der Waals surface area (Å²) in [5, 5.41) is 10.6. The smallest absolute Gasteiger partial charge is 0.413 e. The van der Waals surface area contributed by atoms with Crippen LogP contribution >= 0.6 is 0 Å². The summed E-state index contributed by atoms with van der Waals surface area (Å²) in [6.45, 7) is 0.382. The van der Waals surface area contributed by atoms with Crippen LogP contribution in [0, 0.1) is 5.41 Å².